The fourth-order valence-electron chi connectivity index (χ4n) is 1.05. The molecule has 0 aromatic heterocycles. The summed E-state index contributed by atoms with van der Waals surface area (Å²) in [5.74, 6) is 1.25. The first-order valence-corrected chi connectivity index (χ1v) is 7.17. The molecule has 0 bridgehead atoms. The maximum atomic E-state index is 10.9. The number of carboxylic acid groups (broad SMARTS) is 1. The van der Waals surface area contributed by atoms with E-state index in [0.29, 0.717) is 18.1 Å². The van der Waals surface area contributed by atoms with Crippen LogP contribution in [0.5, 0.6) is 0 Å². The van der Waals surface area contributed by atoms with Crippen molar-refractivity contribution in [3.05, 3.63) is 0 Å². The molecule has 3 N–H and O–H groups in total. The first kappa shape index (κ1) is 18.6. The van der Waals surface area contributed by atoms with Crippen LogP contribution in [0.1, 0.15) is 34.6 Å². The average molecular weight is 262 g/mol. The Morgan fingerprint density at radius 3 is 2.29 bits per heavy atom. The Bertz CT molecular complexity index is 227. The van der Waals surface area contributed by atoms with Crippen LogP contribution in [0, 0.1) is 11.8 Å². The summed E-state index contributed by atoms with van der Waals surface area (Å²) in [5.41, 5.74) is 5.38. The highest BCUT2D eigenvalue weighted by molar-refractivity contribution is 7.99. The Balaban J connectivity index is 0. The van der Waals surface area contributed by atoms with Crippen LogP contribution in [-0.2, 0) is 4.79 Å². The smallest absolute Gasteiger partial charge is 0.307 e. The molecule has 0 rings (SSSR count). The molecular formula is C12H26N2O2S. The van der Waals surface area contributed by atoms with Gasteiger partial charge in [0.1, 0.15) is 0 Å². The van der Waals surface area contributed by atoms with E-state index in [9.17, 15) is 4.79 Å². The van der Waals surface area contributed by atoms with Crippen molar-refractivity contribution < 1.29 is 9.90 Å². The number of aliphatic carboxylic acids is 1. The Labute approximate surface area is 109 Å². The summed E-state index contributed by atoms with van der Waals surface area (Å²) in [6, 6.07) is 0. The number of nitrogens with two attached hydrogens (primary N) is 1. The minimum absolute atomic E-state index is 0.176. The van der Waals surface area contributed by atoms with E-state index in [1.807, 2.05) is 27.7 Å². The highest BCUT2D eigenvalue weighted by Gasteiger charge is 2.20. The fourth-order valence-corrected chi connectivity index (χ4v) is 2.21. The minimum Gasteiger partial charge on any atom is -0.481 e. The van der Waals surface area contributed by atoms with E-state index in [1.165, 1.54) is 0 Å². The van der Waals surface area contributed by atoms with Gasteiger partial charge in [-0.25, -0.2) is 0 Å². The number of carbonyl (C=O) groups is 1. The molecule has 5 heteroatoms. The summed E-state index contributed by atoms with van der Waals surface area (Å²) in [5, 5.41) is 8.93. The molecule has 0 spiro atoms. The SMILES string of the molecule is CC.CC(N)=NCCSCC(C(=O)O)C(C)C. The van der Waals surface area contributed by atoms with Gasteiger partial charge in [-0.3, -0.25) is 9.79 Å². The lowest BCUT2D eigenvalue weighted by Crippen LogP contribution is -2.22. The Morgan fingerprint density at radius 1 is 1.41 bits per heavy atom. The quantitative estimate of drug-likeness (QED) is 0.420. The summed E-state index contributed by atoms with van der Waals surface area (Å²) in [6.45, 7) is 10.3. The van der Waals surface area contributed by atoms with E-state index in [2.05, 4.69) is 4.99 Å². The second kappa shape index (κ2) is 11.8. The van der Waals surface area contributed by atoms with Gasteiger partial charge in [-0.15, -0.1) is 0 Å². The molecule has 17 heavy (non-hydrogen) atoms. The number of nitrogens with zero attached hydrogens (tertiary/aromatic N) is 1. The van der Waals surface area contributed by atoms with Gasteiger partial charge in [0.25, 0.3) is 0 Å². The molecule has 0 heterocycles. The molecule has 0 aliphatic heterocycles. The third-order valence-corrected chi connectivity index (χ3v) is 3.08. The molecule has 0 aromatic rings. The third-order valence-electron chi connectivity index (χ3n) is 2.02. The fraction of sp³-hybridized carbons (Fsp3) is 0.833. The maximum absolute atomic E-state index is 10.9. The largest absolute Gasteiger partial charge is 0.481 e. The molecule has 4 nitrogen and oxygen atoms in total. The highest BCUT2D eigenvalue weighted by atomic mass is 32.2. The molecule has 0 aromatic carbocycles. The zero-order valence-corrected chi connectivity index (χ0v) is 12.4. The third kappa shape index (κ3) is 11.6. The van der Waals surface area contributed by atoms with Gasteiger partial charge >= 0.3 is 5.97 Å². The van der Waals surface area contributed by atoms with Gasteiger partial charge in [0.2, 0.25) is 0 Å². The van der Waals surface area contributed by atoms with Crippen LogP contribution in [0.25, 0.3) is 0 Å². The zero-order valence-electron chi connectivity index (χ0n) is 11.6. The van der Waals surface area contributed by atoms with Crippen molar-refractivity contribution >= 4 is 23.6 Å². The van der Waals surface area contributed by atoms with Crippen LogP contribution in [0.2, 0.25) is 0 Å². The zero-order chi connectivity index (χ0) is 13.8. The molecule has 0 saturated heterocycles. The van der Waals surface area contributed by atoms with E-state index in [0.717, 1.165) is 5.75 Å². The standard InChI is InChI=1S/C10H20N2O2S.C2H6/c1-7(2)9(10(13)14)6-15-5-4-12-8(3)11;1-2/h7,9H,4-6H2,1-3H3,(H2,11,12)(H,13,14);1-2H3. The van der Waals surface area contributed by atoms with Crippen LogP contribution in [0.15, 0.2) is 4.99 Å². The summed E-state index contributed by atoms with van der Waals surface area (Å²) < 4.78 is 0. The van der Waals surface area contributed by atoms with Gasteiger partial charge in [-0.05, 0) is 12.8 Å². The Morgan fingerprint density at radius 2 is 1.94 bits per heavy atom. The van der Waals surface area contributed by atoms with Gasteiger partial charge in [-0.2, -0.15) is 11.8 Å². The molecule has 0 amide bonds. The lowest BCUT2D eigenvalue weighted by molar-refractivity contribution is -0.142. The maximum Gasteiger partial charge on any atom is 0.307 e. The normalized spacial score (nSPS) is 12.9. The number of hydrogen-bond donors (Lipinski definition) is 2. The minimum atomic E-state index is -0.712. The Kier molecular flexibility index (Phi) is 12.9. The number of aliphatic imine (C=N–C) groups is 1. The topological polar surface area (TPSA) is 75.7 Å². The van der Waals surface area contributed by atoms with Gasteiger partial charge in [0.15, 0.2) is 0 Å². The van der Waals surface area contributed by atoms with E-state index in [-0.39, 0.29) is 11.8 Å². The molecular weight excluding hydrogens is 236 g/mol. The molecule has 0 radical (unpaired) electrons. The van der Waals surface area contributed by atoms with Crippen LogP contribution in [-0.4, -0.2) is 35.0 Å². The number of thioether (sulfide) groups is 1. The van der Waals surface area contributed by atoms with Crippen molar-refractivity contribution in [2.45, 2.75) is 34.6 Å². The number of carboxylic acids is 1. The average Bonchev–Trinajstić information content (AvgIpc) is 2.24. The molecule has 0 saturated carbocycles. The predicted molar refractivity (Wildman–Crippen MR) is 76.8 cm³/mol. The summed E-state index contributed by atoms with van der Waals surface area (Å²) in [4.78, 5) is 14.9. The van der Waals surface area contributed by atoms with Crippen molar-refractivity contribution in [1.82, 2.24) is 0 Å². The lowest BCUT2D eigenvalue weighted by Gasteiger charge is -2.14. The molecule has 1 unspecified atom stereocenters. The van der Waals surface area contributed by atoms with Gasteiger partial charge < -0.3 is 10.8 Å². The van der Waals surface area contributed by atoms with Crippen LogP contribution in [0.3, 0.4) is 0 Å². The number of rotatable bonds is 7. The molecule has 1 atom stereocenters. The summed E-state index contributed by atoms with van der Waals surface area (Å²) in [7, 11) is 0. The second-order valence-electron chi connectivity index (χ2n) is 3.79. The first-order chi connectivity index (χ1) is 7.95. The first-order valence-electron chi connectivity index (χ1n) is 6.02. The molecule has 0 aliphatic rings. The van der Waals surface area contributed by atoms with Gasteiger partial charge in [0, 0.05) is 18.1 Å². The molecule has 102 valence electrons. The van der Waals surface area contributed by atoms with Crippen molar-refractivity contribution in [2.75, 3.05) is 18.1 Å². The van der Waals surface area contributed by atoms with E-state index >= 15 is 0 Å². The van der Waals surface area contributed by atoms with E-state index in [4.69, 9.17) is 10.8 Å². The highest BCUT2D eigenvalue weighted by Crippen LogP contribution is 2.17. The Hall–Kier alpha value is -0.710. The van der Waals surface area contributed by atoms with Crippen molar-refractivity contribution in [2.24, 2.45) is 22.6 Å². The van der Waals surface area contributed by atoms with Crippen LogP contribution < -0.4 is 5.73 Å². The summed E-state index contributed by atoms with van der Waals surface area (Å²) >= 11 is 1.62. The number of hydrogen-bond acceptors (Lipinski definition) is 3. The summed E-state index contributed by atoms with van der Waals surface area (Å²) in [6.07, 6.45) is 0. The van der Waals surface area contributed by atoms with Crippen molar-refractivity contribution in [1.29, 1.82) is 0 Å². The van der Waals surface area contributed by atoms with Crippen molar-refractivity contribution in [3.8, 4) is 0 Å². The molecule has 0 fully saturated rings. The van der Waals surface area contributed by atoms with Crippen LogP contribution >= 0.6 is 11.8 Å². The van der Waals surface area contributed by atoms with E-state index < -0.39 is 5.97 Å². The lowest BCUT2D eigenvalue weighted by atomic mass is 9.98. The second-order valence-corrected chi connectivity index (χ2v) is 4.94. The van der Waals surface area contributed by atoms with Crippen molar-refractivity contribution in [3.63, 3.8) is 0 Å². The molecule has 0 aliphatic carbocycles. The monoisotopic (exact) mass is 262 g/mol. The van der Waals surface area contributed by atoms with Gasteiger partial charge in [-0.1, -0.05) is 27.7 Å². The number of amidine groups is 1. The van der Waals surface area contributed by atoms with E-state index in [1.54, 1.807) is 18.7 Å². The van der Waals surface area contributed by atoms with Crippen LogP contribution in [0.4, 0.5) is 0 Å². The predicted octanol–water partition coefficient (Wildman–Crippen LogP) is 2.48. The van der Waals surface area contributed by atoms with Gasteiger partial charge in [0.05, 0.1) is 11.8 Å².